The van der Waals surface area contributed by atoms with E-state index in [1.165, 1.54) is 4.90 Å². The molecule has 1 amide bonds. The molecule has 0 aliphatic heterocycles. The van der Waals surface area contributed by atoms with E-state index in [9.17, 15) is 4.79 Å². The Morgan fingerprint density at radius 3 is 2.73 bits per heavy atom. The summed E-state index contributed by atoms with van der Waals surface area (Å²) in [7, 11) is 1.66. The van der Waals surface area contributed by atoms with Crippen molar-refractivity contribution in [3.8, 4) is 17.1 Å². The molecule has 7 heteroatoms. The Bertz CT molecular complexity index is 896. The number of aryl methyl sites for hydroxylation is 1. The van der Waals surface area contributed by atoms with Crippen molar-refractivity contribution in [2.45, 2.75) is 13.5 Å². The molecular formula is C19H18ClN3O3. The van der Waals surface area contributed by atoms with Crippen LogP contribution in [0.25, 0.3) is 11.4 Å². The van der Waals surface area contributed by atoms with Crippen LogP contribution in [0.5, 0.6) is 5.75 Å². The number of benzene rings is 2. The second-order valence-corrected chi connectivity index (χ2v) is 6.23. The summed E-state index contributed by atoms with van der Waals surface area (Å²) in [4.78, 5) is 18.0. The van der Waals surface area contributed by atoms with Gasteiger partial charge in [-0.05, 0) is 30.7 Å². The minimum Gasteiger partial charge on any atom is -0.484 e. The summed E-state index contributed by atoms with van der Waals surface area (Å²) in [5.74, 6) is 1.26. The molecule has 6 nitrogen and oxygen atoms in total. The van der Waals surface area contributed by atoms with Crippen molar-refractivity contribution in [1.82, 2.24) is 15.0 Å². The lowest BCUT2D eigenvalue weighted by Crippen LogP contribution is -2.31. The molecule has 0 aliphatic carbocycles. The topological polar surface area (TPSA) is 68.5 Å². The van der Waals surface area contributed by atoms with E-state index in [1.54, 1.807) is 25.2 Å². The predicted octanol–water partition coefficient (Wildman–Crippen LogP) is 3.74. The molecule has 26 heavy (non-hydrogen) atoms. The zero-order chi connectivity index (χ0) is 18.5. The SMILES string of the molecule is Cc1cc(OCC(=O)N(C)Cc2nc(-c3ccccc3)no2)ccc1Cl. The van der Waals surface area contributed by atoms with Crippen molar-refractivity contribution >= 4 is 17.5 Å². The van der Waals surface area contributed by atoms with E-state index < -0.39 is 0 Å². The number of halogens is 1. The third-order valence-corrected chi connectivity index (χ3v) is 4.21. The van der Waals surface area contributed by atoms with E-state index in [2.05, 4.69) is 10.1 Å². The summed E-state index contributed by atoms with van der Waals surface area (Å²) in [6.45, 7) is 2.00. The number of carbonyl (C=O) groups is 1. The minimum atomic E-state index is -0.197. The highest BCUT2D eigenvalue weighted by molar-refractivity contribution is 6.31. The molecule has 1 heterocycles. The highest BCUT2D eigenvalue weighted by Gasteiger charge is 2.15. The third kappa shape index (κ3) is 4.40. The van der Waals surface area contributed by atoms with Crippen LogP contribution in [0.1, 0.15) is 11.5 Å². The lowest BCUT2D eigenvalue weighted by molar-refractivity contribution is -0.132. The number of hydrogen-bond acceptors (Lipinski definition) is 5. The molecule has 3 rings (SSSR count). The average molecular weight is 372 g/mol. The molecule has 0 radical (unpaired) electrons. The van der Waals surface area contributed by atoms with E-state index in [0.29, 0.717) is 22.5 Å². The van der Waals surface area contributed by atoms with Crippen LogP contribution in [-0.4, -0.2) is 34.6 Å². The largest absolute Gasteiger partial charge is 0.484 e. The Morgan fingerprint density at radius 2 is 2.00 bits per heavy atom. The number of rotatable bonds is 6. The molecule has 2 aromatic carbocycles. The summed E-state index contributed by atoms with van der Waals surface area (Å²) >= 11 is 5.98. The van der Waals surface area contributed by atoms with Crippen LogP contribution in [0, 0.1) is 6.92 Å². The van der Waals surface area contributed by atoms with Crippen LogP contribution >= 0.6 is 11.6 Å². The third-order valence-electron chi connectivity index (χ3n) is 3.79. The molecule has 0 aliphatic rings. The second kappa shape index (κ2) is 8.01. The lowest BCUT2D eigenvalue weighted by atomic mass is 10.2. The van der Waals surface area contributed by atoms with Crippen molar-refractivity contribution in [2.75, 3.05) is 13.7 Å². The second-order valence-electron chi connectivity index (χ2n) is 5.83. The summed E-state index contributed by atoms with van der Waals surface area (Å²) in [6.07, 6.45) is 0. The lowest BCUT2D eigenvalue weighted by Gasteiger charge is -2.15. The summed E-state index contributed by atoms with van der Waals surface area (Å²) < 4.78 is 10.7. The molecule has 0 atom stereocenters. The number of nitrogens with zero attached hydrogens (tertiary/aromatic N) is 3. The van der Waals surface area contributed by atoms with Crippen molar-refractivity contribution in [2.24, 2.45) is 0 Å². The smallest absolute Gasteiger partial charge is 0.260 e. The quantitative estimate of drug-likeness (QED) is 0.660. The number of amides is 1. The van der Waals surface area contributed by atoms with Gasteiger partial charge >= 0.3 is 0 Å². The maximum Gasteiger partial charge on any atom is 0.260 e. The Kier molecular flexibility index (Phi) is 5.53. The molecule has 0 saturated heterocycles. The van der Waals surface area contributed by atoms with Gasteiger partial charge in [0.15, 0.2) is 6.61 Å². The maximum atomic E-state index is 12.2. The first-order valence-electron chi connectivity index (χ1n) is 8.04. The molecule has 0 bridgehead atoms. The highest BCUT2D eigenvalue weighted by Crippen LogP contribution is 2.21. The molecule has 0 fully saturated rings. The first-order chi connectivity index (χ1) is 12.5. The Morgan fingerprint density at radius 1 is 1.23 bits per heavy atom. The molecule has 0 spiro atoms. The summed E-state index contributed by atoms with van der Waals surface area (Å²) in [5, 5.41) is 4.60. The zero-order valence-corrected chi connectivity index (χ0v) is 15.2. The predicted molar refractivity (Wildman–Crippen MR) is 97.9 cm³/mol. The molecule has 3 aromatic rings. The first kappa shape index (κ1) is 17.9. The molecular weight excluding hydrogens is 354 g/mol. The van der Waals surface area contributed by atoms with E-state index in [4.69, 9.17) is 20.9 Å². The van der Waals surface area contributed by atoms with Gasteiger partial charge in [-0.1, -0.05) is 47.1 Å². The van der Waals surface area contributed by atoms with Gasteiger partial charge in [-0.3, -0.25) is 4.79 Å². The molecule has 1 aromatic heterocycles. The van der Waals surface area contributed by atoms with Crippen molar-refractivity contribution < 1.29 is 14.1 Å². The van der Waals surface area contributed by atoms with Crippen LogP contribution in [-0.2, 0) is 11.3 Å². The monoisotopic (exact) mass is 371 g/mol. The Labute approximate surface area is 156 Å². The minimum absolute atomic E-state index is 0.0861. The molecule has 134 valence electrons. The Hall–Kier alpha value is -2.86. The first-order valence-corrected chi connectivity index (χ1v) is 8.41. The van der Waals surface area contributed by atoms with Gasteiger partial charge in [0.2, 0.25) is 11.7 Å². The van der Waals surface area contributed by atoms with Gasteiger partial charge in [0.25, 0.3) is 5.91 Å². The van der Waals surface area contributed by atoms with Gasteiger partial charge in [-0.15, -0.1) is 0 Å². The Balaban J connectivity index is 1.56. The van der Waals surface area contributed by atoms with Gasteiger partial charge in [-0.2, -0.15) is 4.98 Å². The fraction of sp³-hybridized carbons (Fsp3) is 0.211. The van der Waals surface area contributed by atoms with Gasteiger partial charge in [-0.25, -0.2) is 0 Å². The fourth-order valence-corrected chi connectivity index (χ4v) is 2.39. The number of hydrogen-bond donors (Lipinski definition) is 0. The maximum absolute atomic E-state index is 12.2. The van der Waals surface area contributed by atoms with Crippen LogP contribution < -0.4 is 4.74 Å². The van der Waals surface area contributed by atoms with Crippen LogP contribution in [0.4, 0.5) is 0 Å². The molecule has 0 saturated carbocycles. The average Bonchev–Trinajstić information content (AvgIpc) is 3.11. The van der Waals surface area contributed by atoms with E-state index in [0.717, 1.165) is 11.1 Å². The van der Waals surface area contributed by atoms with E-state index >= 15 is 0 Å². The molecule has 0 unspecified atom stereocenters. The van der Waals surface area contributed by atoms with Crippen LogP contribution in [0.3, 0.4) is 0 Å². The van der Waals surface area contributed by atoms with Gasteiger partial charge in [0.05, 0.1) is 6.54 Å². The fourth-order valence-electron chi connectivity index (χ4n) is 2.28. The van der Waals surface area contributed by atoms with E-state index in [-0.39, 0.29) is 19.1 Å². The summed E-state index contributed by atoms with van der Waals surface area (Å²) in [5.41, 5.74) is 1.75. The summed E-state index contributed by atoms with van der Waals surface area (Å²) in [6, 6.07) is 14.8. The number of aromatic nitrogens is 2. The molecule has 0 N–H and O–H groups in total. The van der Waals surface area contributed by atoms with Crippen LogP contribution in [0.2, 0.25) is 5.02 Å². The normalized spacial score (nSPS) is 10.6. The standard InChI is InChI=1S/C19H18ClN3O3/c1-13-10-15(8-9-16(13)20)25-12-18(24)23(2)11-17-21-19(22-26-17)14-6-4-3-5-7-14/h3-10H,11-12H2,1-2H3. The van der Waals surface area contributed by atoms with Crippen molar-refractivity contribution in [3.05, 3.63) is 65.0 Å². The van der Waals surface area contributed by atoms with Gasteiger partial charge < -0.3 is 14.2 Å². The van der Waals surface area contributed by atoms with Crippen LogP contribution in [0.15, 0.2) is 53.1 Å². The van der Waals surface area contributed by atoms with Gasteiger partial charge in [0.1, 0.15) is 5.75 Å². The van der Waals surface area contributed by atoms with Gasteiger partial charge in [0, 0.05) is 17.6 Å². The zero-order valence-electron chi connectivity index (χ0n) is 14.5. The highest BCUT2D eigenvalue weighted by atomic mass is 35.5. The number of carbonyl (C=O) groups excluding carboxylic acids is 1. The van der Waals surface area contributed by atoms with Crippen molar-refractivity contribution in [1.29, 1.82) is 0 Å². The number of likely N-dealkylation sites (N-methyl/N-ethyl adjacent to an activating group) is 1. The number of ether oxygens (including phenoxy) is 1. The van der Waals surface area contributed by atoms with Crippen molar-refractivity contribution in [3.63, 3.8) is 0 Å². The van der Waals surface area contributed by atoms with E-state index in [1.807, 2.05) is 37.3 Å².